The summed E-state index contributed by atoms with van der Waals surface area (Å²) in [6.07, 6.45) is 9.76. The number of rotatable bonds is 7. The van der Waals surface area contributed by atoms with Crippen molar-refractivity contribution in [2.45, 2.75) is 76.4 Å². The number of benzene rings is 2. The van der Waals surface area contributed by atoms with E-state index in [0.717, 1.165) is 49.9 Å². The van der Waals surface area contributed by atoms with Gasteiger partial charge >= 0.3 is 0 Å². The molecule has 2 aliphatic carbocycles. The molecule has 2 saturated carbocycles. The third-order valence-electron chi connectivity index (χ3n) is 10.7. The first kappa shape index (κ1) is 28.7. The molecule has 41 heavy (non-hydrogen) atoms. The Balaban J connectivity index is 1.15. The molecule has 7 heteroatoms. The van der Waals surface area contributed by atoms with Crippen molar-refractivity contribution in [1.82, 2.24) is 15.5 Å². The molecule has 2 N–H and O–H groups in total. The van der Waals surface area contributed by atoms with Crippen LogP contribution in [0.5, 0.6) is 0 Å². The van der Waals surface area contributed by atoms with E-state index in [1.807, 2.05) is 48.4 Å². The van der Waals surface area contributed by atoms with Gasteiger partial charge in [0.15, 0.2) is 0 Å². The van der Waals surface area contributed by atoms with Gasteiger partial charge in [-0.05, 0) is 90.5 Å². The summed E-state index contributed by atoms with van der Waals surface area (Å²) < 4.78 is 5.65. The van der Waals surface area contributed by atoms with Crippen molar-refractivity contribution in [2.75, 3.05) is 26.8 Å². The number of amides is 2. The first-order valence-corrected chi connectivity index (χ1v) is 16.0. The lowest BCUT2D eigenvalue weighted by molar-refractivity contribution is -0.139. The van der Waals surface area contributed by atoms with Crippen molar-refractivity contribution in [1.29, 1.82) is 0 Å². The highest BCUT2D eigenvalue weighted by molar-refractivity contribution is 6.30. The Labute approximate surface area is 249 Å². The molecule has 6 rings (SSSR count). The van der Waals surface area contributed by atoms with E-state index < -0.39 is 6.04 Å². The molecule has 2 aliphatic heterocycles. The molecule has 1 saturated heterocycles. The van der Waals surface area contributed by atoms with Crippen LogP contribution in [0, 0.1) is 23.2 Å². The SMILES string of the molecule is COC[C@@H]1CC2(CCN(C(=O)[C@@H](Cc3ccc(Cl)cc3)NC(=O)[C@H]3Cc4ccccc4CN3)CC2)C2CCCCC21. The van der Waals surface area contributed by atoms with Crippen LogP contribution in [0.15, 0.2) is 48.5 Å². The molecule has 3 fully saturated rings. The number of nitrogens with zero attached hydrogens (tertiary/aromatic N) is 1. The molecule has 4 aliphatic rings. The minimum atomic E-state index is -0.607. The average molecular weight is 578 g/mol. The van der Waals surface area contributed by atoms with Crippen LogP contribution in [-0.4, -0.2) is 55.6 Å². The second-order valence-electron chi connectivity index (χ2n) is 13.0. The molecule has 6 nitrogen and oxygen atoms in total. The fraction of sp³-hybridized carbons (Fsp3) is 0.588. The number of carbonyl (C=O) groups is 2. The third kappa shape index (κ3) is 6.07. The highest BCUT2D eigenvalue weighted by atomic mass is 35.5. The van der Waals surface area contributed by atoms with Gasteiger partial charge in [-0.1, -0.05) is 60.8 Å². The molecule has 1 spiro atoms. The van der Waals surface area contributed by atoms with E-state index >= 15 is 0 Å². The monoisotopic (exact) mass is 577 g/mol. The first-order valence-electron chi connectivity index (χ1n) is 15.6. The maximum Gasteiger partial charge on any atom is 0.245 e. The highest BCUT2D eigenvalue weighted by Gasteiger charge is 2.54. The molecule has 2 aromatic rings. The molecule has 2 heterocycles. The summed E-state index contributed by atoms with van der Waals surface area (Å²) in [5.74, 6) is 2.11. The van der Waals surface area contributed by atoms with Gasteiger partial charge in [0, 0.05) is 44.8 Å². The molecule has 0 radical (unpaired) electrons. The predicted octanol–water partition coefficient (Wildman–Crippen LogP) is 5.16. The Kier molecular flexibility index (Phi) is 8.71. The van der Waals surface area contributed by atoms with Gasteiger partial charge in [0.05, 0.1) is 6.04 Å². The second-order valence-corrected chi connectivity index (χ2v) is 13.4. The van der Waals surface area contributed by atoms with Crippen LogP contribution in [0.1, 0.15) is 61.6 Å². The molecular formula is C34H44ClN3O3. The van der Waals surface area contributed by atoms with Crippen LogP contribution in [0.4, 0.5) is 0 Å². The maximum absolute atomic E-state index is 14.1. The third-order valence-corrected chi connectivity index (χ3v) is 10.9. The Morgan fingerprint density at radius 2 is 1.80 bits per heavy atom. The van der Waals surface area contributed by atoms with E-state index in [-0.39, 0.29) is 17.9 Å². The fourth-order valence-corrected chi connectivity index (χ4v) is 8.77. The van der Waals surface area contributed by atoms with E-state index in [1.165, 1.54) is 43.2 Å². The van der Waals surface area contributed by atoms with Gasteiger partial charge in [-0.3, -0.25) is 9.59 Å². The minimum Gasteiger partial charge on any atom is -0.384 e. The second kappa shape index (κ2) is 12.4. The van der Waals surface area contributed by atoms with Gasteiger partial charge in [-0.2, -0.15) is 0 Å². The summed E-state index contributed by atoms with van der Waals surface area (Å²) in [5.41, 5.74) is 3.75. The topological polar surface area (TPSA) is 70.7 Å². The number of hydrogen-bond acceptors (Lipinski definition) is 4. The lowest BCUT2D eigenvalue weighted by Gasteiger charge is -2.46. The summed E-state index contributed by atoms with van der Waals surface area (Å²) in [6.45, 7) is 3.05. The quantitative estimate of drug-likeness (QED) is 0.477. The van der Waals surface area contributed by atoms with E-state index in [1.54, 1.807) is 0 Å². The molecule has 5 atom stereocenters. The van der Waals surface area contributed by atoms with Crippen LogP contribution < -0.4 is 10.6 Å². The lowest BCUT2D eigenvalue weighted by Crippen LogP contribution is -2.57. The van der Waals surface area contributed by atoms with Crippen LogP contribution in [0.2, 0.25) is 5.02 Å². The number of piperidine rings is 1. The average Bonchev–Trinajstić information content (AvgIpc) is 3.30. The van der Waals surface area contributed by atoms with Gasteiger partial charge in [-0.25, -0.2) is 0 Å². The number of carbonyl (C=O) groups excluding carboxylic acids is 2. The van der Waals surface area contributed by atoms with Crippen molar-refractivity contribution in [3.8, 4) is 0 Å². The smallest absolute Gasteiger partial charge is 0.245 e. The zero-order valence-electron chi connectivity index (χ0n) is 24.2. The van der Waals surface area contributed by atoms with E-state index in [0.29, 0.717) is 35.7 Å². The van der Waals surface area contributed by atoms with Gasteiger partial charge in [0.1, 0.15) is 6.04 Å². The molecule has 2 unspecified atom stereocenters. The number of likely N-dealkylation sites (tertiary alicyclic amines) is 1. The van der Waals surface area contributed by atoms with Crippen molar-refractivity contribution in [3.05, 3.63) is 70.2 Å². The highest BCUT2D eigenvalue weighted by Crippen LogP contribution is 2.60. The minimum absolute atomic E-state index is 0.0333. The van der Waals surface area contributed by atoms with Crippen molar-refractivity contribution in [2.24, 2.45) is 23.2 Å². The van der Waals surface area contributed by atoms with Crippen LogP contribution in [-0.2, 0) is 33.7 Å². The van der Waals surface area contributed by atoms with Gasteiger partial charge in [0.25, 0.3) is 0 Å². The molecule has 220 valence electrons. The Hall–Kier alpha value is -2.41. The predicted molar refractivity (Wildman–Crippen MR) is 162 cm³/mol. The number of fused-ring (bicyclic) bond motifs is 3. The Morgan fingerprint density at radius 3 is 2.56 bits per heavy atom. The van der Waals surface area contributed by atoms with Crippen molar-refractivity contribution >= 4 is 23.4 Å². The van der Waals surface area contributed by atoms with Gasteiger partial charge in [-0.15, -0.1) is 0 Å². The normalized spacial score (nSPS) is 27.6. The summed E-state index contributed by atoms with van der Waals surface area (Å²) in [5, 5.41) is 7.21. The summed E-state index contributed by atoms with van der Waals surface area (Å²) in [6, 6.07) is 14.9. The first-order chi connectivity index (χ1) is 20.0. The van der Waals surface area contributed by atoms with Crippen LogP contribution in [0.25, 0.3) is 0 Å². The zero-order chi connectivity index (χ0) is 28.4. The van der Waals surface area contributed by atoms with Gasteiger partial charge in [0.2, 0.25) is 11.8 Å². The molecule has 0 bridgehead atoms. The standard InChI is InChI=1S/C34H44ClN3O3/c1-41-22-26-20-34(29-9-5-4-8-28(26)29)14-16-38(17-15-34)33(40)31(18-23-10-12-27(35)13-11-23)37-32(39)30-19-24-6-2-3-7-25(24)21-36-30/h2-3,6-7,10-13,26,28-31,36H,4-5,8-9,14-22H2,1H3,(H,37,39)/t26-,28?,29?,30+,31+/m0/s1. The Morgan fingerprint density at radius 1 is 1.07 bits per heavy atom. The lowest BCUT2D eigenvalue weighted by atomic mass is 9.65. The summed E-state index contributed by atoms with van der Waals surface area (Å²) >= 11 is 6.14. The summed E-state index contributed by atoms with van der Waals surface area (Å²) in [4.78, 5) is 29.6. The van der Waals surface area contributed by atoms with Crippen molar-refractivity contribution in [3.63, 3.8) is 0 Å². The van der Waals surface area contributed by atoms with Gasteiger partial charge < -0.3 is 20.3 Å². The number of hydrogen-bond donors (Lipinski definition) is 2. The van der Waals surface area contributed by atoms with Crippen LogP contribution >= 0.6 is 11.6 Å². The van der Waals surface area contributed by atoms with Crippen molar-refractivity contribution < 1.29 is 14.3 Å². The number of nitrogens with one attached hydrogen (secondary N) is 2. The number of methoxy groups -OCH3 is 1. The van der Waals surface area contributed by atoms with E-state index in [2.05, 4.69) is 22.8 Å². The molecular weight excluding hydrogens is 534 g/mol. The fourth-order valence-electron chi connectivity index (χ4n) is 8.64. The zero-order valence-corrected chi connectivity index (χ0v) is 25.0. The maximum atomic E-state index is 14.1. The molecule has 2 aromatic carbocycles. The molecule has 2 amide bonds. The summed E-state index contributed by atoms with van der Waals surface area (Å²) in [7, 11) is 1.83. The number of halogens is 1. The Bertz CT molecular complexity index is 1230. The largest absolute Gasteiger partial charge is 0.384 e. The van der Waals surface area contributed by atoms with E-state index in [9.17, 15) is 9.59 Å². The van der Waals surface area contributed by atoms with Crippen LogP contribution in [0.3, 0.4) is 0 Å². The number of ether oxygens (including phenoxy) is 1. The van der Waals surface area contributed by atoms with E-state index in [4.69, 9.17) is 16.3 Å². The molecule has 0 aromatic heterocycles.